The molecule has 1 aromatic rings. The number of rotatable bonds is 2. The van der Waals surface area contributed by atoms with Gasteiger partial charge in [0.25, 0.3) is 5.91 Å². The van der Waals surface area contributed by atoms with Crippen molar-refractivity contribution in [3.8, 4) is 0 Å². The highest BCUT2D eigenvalue weighted by atomic mass is 32.2. The molecule has 0 saturated heterocycles. The van der Waals surface area contributed by atoms with Crippen molar-refractivity contribution in [1.29, 1.82) is 0 Å². The van der Waals surface area contributed by atoms with Crippen molar-refractivity contribution in [3.05, 3.63) is 29.8 Å². The zero-order chi connectivity index (χ0) is 13.3. The molecule has 0 saturated carbocycles. The number of primary sulfonamides is 1. The quantitative estimate of drug-likeness (QED) is 0.822. The van der Waals surface area contributed by atoms with E-state index in [1.165, 1.54) is 24.3 Å². The summed E-state index contributed by atoms with van der Waals surface area (Å²) < 4.78 is 22.0. The Balaban J connectivity index is 2.93. The van der Waals surface area contributed by atoms with Crippen LogP contribution in [0.2, 0.25) is 0 Å². The van der Waals surface area contributed by atoms with Crippen LogP contribution in [0, 0.1) is 0 Å². The van der Waals surface area contributed by atoms with Gasteiger partial charge in [0.15, 0.2) is 0 Å². The third-order valence-electron chi connectivity index (χ3n) is 1.93. The van der Waals surface area contributed by atoms with Gasteiger partial charge in [0.1, 0.15) is 0 Å². The van der Waals surface area contributed by atoms with Crippen LogP contribution in [0.3, 0.4) is 0 Å². The summed E-state index contributed by atoms with van der Waals surface area (Å²) >= 11 is 0. The Morgan fingerprint density at radius 1 is 1.18 bits per heavy atom. The number of benzene rings is 1. The molecule has 0 atom stereocenters. The highest BCUT2D eigenvalue weighted by Crippen LogP contribution is 2.10. The molecule has 0 unspecified atom stereocenters. The van der Waals surface area contributed by atoms with Crippen molar-refractivity contribution in [2.75, 3.05) is 0 Å². The minimum absolute atomic E-state index is 0.00944. The van der Waals surface area contributed by atoms with Gasteiger partial charge in [-0.15, -0.1) is 0 Å². The predicted molar refractivity (Wildman–Crippen MR) is 65.0 cm³/mol. The number of nitrogens with two attached hydrogens (primary N) is 1. The first-order valence-electron chi connectivity index (χ1n) is 5.05. The smallest absolute Gasteiger partial charge is 0.251 e. The number of carbonyl (C=O) groups excluding carboxylic acids is 1. The third kappa shape index (κ3) is 4.16. The molecule has 3 N–H and O–H groups in total. The predicted octanol–water partition coefficient (Wildman–Crippen LogP) is 0.862. The van der Waals surface area contributed by atoms with Crippen LogP contribution >= 0.6 is 0 Å². The summed E-state index contributed by atoms with van der Waals surface area (Å²) in [6.45, 7) is 5.59. The van der Waals surface area contributed by atoms with Crippen LogP contribution < -0.4 is 10.5 Å². The summed E-state index contributed by atoms with van der Waals surface area (Å²) in [5, 5.41) is 7.73. The minimum atomic E-state index is -3.71. The fraction of sp³-hybridized carbons (Fsp3) is 0.364. The van der Waals surface area contributed by atoms with Gasteiger partial charge in [-0.25, -0.2) is 13.6 Å². The number of amides is 1. The van der Waals surface area contributed by atoms with Crippen molar-refractivity contribution in [1.82, 2.24) is 5.32 Å². The maximum atomic E-state index is 11.7. The van der Waals surface area contributed by atoms with E-state index in [0.717, 1.165) is 0 Å². The van der Waals surface area contributed by atoms with E-state index in [0.29, 0.717) is 5.56 Å². The fourth-order valence-electron chi connectivity index (χ4n) is 1.21. The number of hydrogen-bond donors (Lipinski definition) is 2. The first kappa shape index (κ1) is 13.7. The minimum Gasteiger partial charge on any atom is -0.347 e. The van der Waals surface area contributed by atoms with E-state index in [4.69, 9.17) is 5.14 Å². The lowest BCUT2D eigenvalue weighted by molar-refractivity contribution is 0.0919. The van der Waals surface area contributed by atoms with Crippen LogP contribution in [0.25, 0.3) is 0 Å². The molecule has 94 valence electrons. The lowest BCUT2D eigenvalue weighted by Gasteiger charge is -2.20. The molecule has 0 spiro atoms. The van der Waals surface area contributed by atoms with Crippen LogP contribution in [0.15, 0.2) is 29.2 Å². The van der Waals surface area contributed by atoms with Gasteiger partial charge in [-0.3, -0.25) is 4.79 Å². The lowest BCUT2D eigenvalue weighted by Crippen LogP contribution is -2.40. The maximum Gasteiger partial charge on any atom is 0.251 e. The van der Waals surface area contributed by atoms with E-state index >= 15 is 0 Å². The molecule has 0 bridgehead atoms. The molecule has 0 radical (unpaired) electrons. The van der Waals surface area contributed by atoms with Gasteiger partial charge in [0.2, 0.25) is 10.0 Å². The Kier molecular flexibility index (Phi) is 3.59. The van der Waals surface area contributed by atoms with Gasteiger partial charge in [0.05, 0.1) is 4.90 Å². The molecule has 5 nitrogen and oxygen atoms in total. The van der Waals surface area contributed by atoms with E-state index in [1.807, 2.05) is 20.8 Å². The SMILES string of the molecule is CC(C)(C)NC(=O)c1ccc(S(N)(=O)=O)cc1. The Hall–Kier alpha value is -1.40. The first-order valence-corrected chi connectivity index (χ1v) is 6.59. The zero-order valence-electron chi connectivity index (χ0n) is 10.0. The van der Waals surface area contributed by atoms with Gasteiger partial charge in [-0.2, -0.15) is 0 Å². The summed E-state index contributed by atoms with van der Waals surface area (Å²) in [6, 6.07) is 5.49. The molecule has 6 heteroatoms. The summed E-state index contributed by atoms with van der Waals surface area (Å²) in [6.07, 6.45) is 0. The van der Waals surface area contributed by atoms with E-state index in [1.54, 1.807) is 0 Å². The Labute approximate surface area is 101 Å². The summed E-state index contributed by atoms with van der Waals surface area (Å²) in [5.41, 5.74) is 0.0581. The average Bonchev–Trinajstić information content (AvgIpc) is 2.14. The largest absolute Gasteiger partial charge is 0.347 e. The van der Waals surface area contributed by atoms with E-state index in [9.17, 15) is 13.2 Å². The molecule has 0 aliphatic rings. The average molecular weight is 256 g/mol. The van der Waals surface area contributed by atoms with Gasteiger partial charge < -0.3 is 5.32 Å². The highest BCUT2D eigenvalue weighted by Gasteiger charge is 2.16. The van der Waals surface area contributed by atoms with E-state index in [2.05, 4.69) is 5.32 Å². The summed E-state index contributed by atoms with van der Waals surface area (Å²) in [5.74, 6) is -0.251. The van der Waals surface area contributed by atoms with Crippen molar-refractivity contribution < 1.29 is 13.2 Å². The van der Waals surface area contributed by atoms with Crippen molar-refractivity contribution in [2.24, 2.45) is 5.14 Å². The second-order valence-corrected chi connectivity index (χ2v) is 6.33. The van der Waals surface area contributed by atoms with E-state index < -0.39 is 10.0 Å². The number of sulfonamides is 1. The molecule has 0 aliphatic heterocycles. The number of hydrogen-bond acceptors (Lipinski definition) is 3. The fourth-order valence-corrected chi connectivity index (χ4v) is 1.72. The van der Waals surface area contributed by atoms with E-state index in [-0.39, 0.29) is 16.3 Å². The molecular formula is C11H16N2O3S. The number of carbonyl (C=O) groups is 1. The van der Waals surface area contributed by atoms with Crippen LogP contribution in [0.1, 0.15) is 31.1 Å². The van der Waals surface area contributed by atoms with Crippen molar-refractivity contribution in [2.45, 2.75) is 31.2 Å². The monoisotopic (exact) mass is 256 g/mol. The summed E-state index contributed by atoms with van der Waals surface area (Å²) in [4.78, 5) is 11.7. The molecule has 1 amide bonds. The van der Waals surface area contributed by atoms with Crippen LogP contribution in [-0.4, -0.2) is 19.9 Å². The van der Waals surface area contributed by atoms with Gasteiger partial charge in [-0.05, 0) is 45.0 Å². The molecular weight excluding hydrogens is 240 g/mol. The highest BCUT2D eigenvalue weighted by molar-refractivity contribution is 7.89. The van der Waals surface area contributed by atoms with Gasteiger partial charge >= 0.3 is 0 Å². The normalized spacial score (nSPS) is 12.2. The van der Waals surface area contributed by atoms with Gasteiger partial charge in [-0.1, -0.05) is 0 Å². The maximum absolute atomic E-state index is 11.7. The molecule has 1 rings (SSSR count). The van der Waals surface area contributed by atoms with Crippen LogP contribution in [0.5, 0.6) is 0 Å². The Bertz CT molecular complexity index is 513. The third-order valence-corrected chi connectivity index (χ3v) is 2.86. The molecule has 1 aromatic carbocycles. The Morgan fingerprint density at radius 3 is 2.00 bits per heavy atom. The zero-order valence-corrected chi connectivity index (χ0v) is 10.8. The molecule has 0 fully saturated rings. The number of nitrogens with one attached hydrogen (secondary N) is 1. The van der Waals surface area contributed by atoms with Crippen molar-refractivity contribution >= 4 is 15.9 Å². The molecule has 0 aliphatic carbocycles. The molecule has 17 heavy (non-hydrogen) atoms. The summed E-state index contributed by atoms with van der Waals surface area (Å²) in [7, 11) is -3.71. The second kappa shape index (κ2) is 4.46. The van der Waals surface area contributed by atoms with Crippen LogP contribution in [0.4, 0.5) is 0 Å². The molecule has 0 heterocycles. The standard InChI is InChI=1S/C11H16N2O3S/c1-11(2,3)13-10(14)8-4-6-9(7-5-8)17(12,15)16/h4-7H,1-3H3,(H,13,14)(H2,12,15,16). The van der Waals surface area contributed by atoms with Crippen molar-refractivity contribution in [3.63, 3.8) is 0 Å². The Morgan fingerprint density at radius 2 is 1.65 bits per heavy atom. The topological polar surface area (TPSA) is 89.3 Å². The first-order chi connectivity index (χ1) is 7.59. The lowest BCUT2D eigenvalue weighted by atomic mass is 10.1. The van der Waals surface area contributed by atoms with Crippen LogP contribution in [-0.2, 0) is 10.0 Å². The second-order valence-electron chi connectivity index (χ2n) is 4.77. The van der Waals surface area contributed by atoms with Gasteiger partial charge in [0, 0.05) is 11.1 Å². The molecule has 0 aromatic heterocycles.